The van der Waals surface area contributed by atoms with Crippen molar-refractivity contribution >= 4 is 5.69 Å². The molecule has 20 heavy (non-hydrogen) atoms. The Labute approximate surface area is 117 Å². The van der Waals surface area contributed by atoms with E-state index in [0.29, 0.717) is 24.7 Å². The van der Waals surface area contributed by atoms with E-state index >= 15 is 0 Å². The van der Waals surface area contributed by atoms with Gasteiger partial charge in [-0.3, -0.25) is 0 Å². The number of nitrogens with one attached hydrogen (secondary N) is 1. The molecule has 2 heterocycles. The van der Waals surface area contributed by atoms with Crippen LogP contribution >= 0.6 is 0 Å². The fourth-order valence-electron chi connectivity index (χ4n) is 2.77. The van der Waals surface area contributed by atoms with Gasteiger partial charge in [-0.2, -0.15) is 0 Å². The summed E-state index contributed by atoms with van der Waals surface area (Å²) < 4.78 is 11.4. The summed E-state index contributed by atoms with van der Waals surface area (Å²) in [6, 6.07) is 3.82. The Morgan fingerprint density at radius 2 is 2.00 bits per heavy atom. The molecule has 1 aromatic rings. The zero-order valence-electron chi connectivity index (χ0n) is 11.3. The van der Waals surface area contributed by atoms with Crippen LogP contribution in [0.5, 0.6) is 11.5 Å². The molecule has 110 valence electrons. The number of fused-ring (bicyclic) bond motifs is 1. The lowest BCUT2D eigenvalue weighted by Gasteiger charge is -2.38. The first kappa shape index (κ1) is 13.5. The van der Waals surface area contributed by atoms with Crippen LogP contribution in [0.2, 0.25) is 0 Å². The second-order valence-electron chi connectivity index (χ2n) is 4.99. The van der Waals surface area contributed by atoms with E-state index in [9.17, 15) is 10.2 Å². The van der Waals surface area contributed by atoms with E-state index in [0.717, 1.165) is 30.9 Å². The number of rotatable bonds is 3. The topological polar surface area (TPSA) is 74.2 Å². The number of hydrogen-bond donors (Lipinski definition) is 3. The van der Waals surface area contributed by atoms with Crippen LogP contribution in [0.1, 0.15) is 5.56 Å². The van der Waals surface area contributed by atoms with Crippen molar-refractivity contribution in [3.63, 3.8) is 0 Å². The fourth-order valence-corrected chi connectivity index (χ4v) is 2.77. The first-order valence-electron chi connectivity index (χ1n) is 6.95. The van der Waals surface area contributed by atoms with Gasteiger partial charge in [0.15, 0.2) is 11.5 Å². The molecule has 1 aromatic carbocycles. The Bertz CT molecular complexity index is 480. The van der Waals surface area contributed by atoms with Crippen LogP contribution < -0.4 is 19.7 Å². The summed E-state index contributed by atoms with van der Waals surface area (Å²) in [4.78, 5) is 2.14. The van der Waals surface area contributed by atoms with E-state index in [-0.39, 0.29) is 19.3 Å². The summed E-state index contributed by atoms with van der Waals surface area (Å²) in [7, 11) is 0. The zero-order valence-corrected chi connectivity index (χ0v) is 11.3. The van der Waals surface area contributed by atoms with Gasteiger partial charge in [0, 0.05) is 25.2 Å². The molecule has 0 amide bonds. The van der Waals surface area contributed by atoms with E-state index in [4.69, 9.17) is 9.47 Å². The Balaban J connectivity index is 2.00. The molecule has 0 spiro atoms. The molecular weight excluding hydrogens is 260 g/mol. The average molecular weight is 280 g/mol. The minimum absolute atomic E-state index is 0.0263. The first-order chi connectivity index (χ1) is 9.85. The average Bonchev–Trinajstić information content (AvgIpc) is 2.53. The molecule has 0 saturated carbocycles. The third-order valence-corrected chi connectivity index (χ3v) is 3.79. The summed E-state index contributed by atoms with van der Waals surface area (Å²) in [5, 5.41) is 22.2. The van der Waals surface area contributed by atoms with Crippen molar-refractivity contribution in [1.29, 1.82) is 0 Å². The molecule has 0 aromatic heterocycles. The van der Waals surface area contributed by atoms with E-state index in [1.807, 2.05) is 12.1 Å². The van der Waals surface area contributed by atoms with E-state index in [2.05, 4.69) is 10.2 Å². The number of benzene rings is 1. The quantitative estimate of drug-likeness (QED) is 0.707. The van der Waals surface area contributed by atoms with Crippen molar-refractivity contribution in [1.82, 2.24) is 5.32 Å². The second-order valence-corrected chi connectivity index (χ2v) is 4.99. The highest BCUT2D eigenvalue weighted by molar-refractivity contribution is 5.68. The first-order valence-corrected chi connectivity index (χ1v) is 6.95. The van der Waals surface area contributed by atoms with E-state index < -0.39 is 0 Å². The van der Waals surface area contributed by atoms with Crippen LogP contribution in [-0.4, -0.2) is 55.7 Å². The molecule has 2 aliphatic heterocycles. The molecule has 1 unspecified atom stereocenters. The van der Waals surface area contributed by atoms with Crippen molar-refractivity contribution in [2.75, 3.05) is 44.4 Å². The monoisotopic (exact) mass is 280 g/mol. The predicted molar refractivity (Wildman–Crippen MR) is 74.4 cm³/mol. The number of aliphatic hydroxyl groups is 2. The van der Waals surface area contributed by atoms with Gasteiger partial charge in [0.2, 0.25) is 0 Å². The molecule has 1 saturated heterocycles. The molecule has 0 radical (unpaired) electrons. The summed E-state index contributed by atoms with van der Waals surface area (Å²) >= 11 is 0. The largest absolute Gasteiger partial charge is 0.486 e. The van der Waals surface area contributed by atoms with Crippen LogP contribution in [0.25, 0.3) is 0 Å². The van der Waals surface area contributed by atoms with Crippen molar-refractivity contribution < 1.29 is 19.7 Å². The van der Waals surface area contributed by atoms with Crippen molar-refractivity contribution in [2.24, 2.45) is 0 Å². The highest BCUT2D eigenvalue weighted by atomic mass is 16.6. The number of piperazine rings is 1. The third-order valence-electron chi connectivity index (χ3n) is 3.79. The number of anilines is 1. The maximum atomic E-state index is 9.53. The SMILES string of the molecule is OCc1ccc(N2CCNCC2CO)c2c1OCCO2. The highest BCUT2D eigenvalue weighted by Gasteiger charge is 2.28. The number of ether oxygens (including phenoxy) is 2. The summed E-state index contributed by atoms with van der Waals surface area (Å²) in [6.45, 7) is 3.43. The third kappa shape index (κ3) is 2.30. The number of nitrogens with zero attached hydrogens (tertiary/aromatic N) is 1. The Kier molecular flexibility index (Phi) is 3.95. The predicted octanol–water partition coefficient (Wildman–Crippen LogP) is -0.279. The molecule has 6 nitrogen and oxygen atoms in total. The zero-order chi connectivity index (χ0) is 13.9. The van der Waals surface area contributed by atoms with Crippen molar-refractivity contribution in [3.8, 4) is 11.5 Å². The minimum atomic E-state index is -0.0725. The lowest BCUT2D eigenvalue weighted by molar-refractivity contribution is 0.164. The standard InChI is InChI=1S/C14H20N2O4/c17-8-10-1-2-12(14-13(10)19-5-6-20-14)16-4-3-15-7-11(16)9-18/h1-2,11,15,17-18H,3-9H2. The summed E-state index contributed by atoms with van der Waals surface area (Å²) in [6.07, 6.45) is 0. The normalized spacial score (nSPS) is 21.9. The van der Waals surface area contributed by atoms with Crippen LogP contribution in [-0.2, 0) is 6.61 Å². The molecule has 1 fully saturated rings. The van der Waals surface area contributed by atoms with Crippen LogP contribution in [0.3, 0.4) is 0 Å². The minimum Gasteiger partial charge on any atom is -0.486 e. The molecule has 0 aliphatic carbocycles. The maximum Gasteiger partial charge on any atom is 0.185 e. The van der Waals surface area contributed by atoms with Crippen LogP contribution in [0.15, 0.2) is 12.1 Å². The fraction of sp³-hybridized carbons (Fsp3) is 0.571. The smallest absolute Gasteiger partial charge is 0.185 e. The molecular formula is C14H20N2O4. The van der Waals surface area contributed by atoms with E-state index in [1.54, 1.807) is 0 Å². The summed E-state index contributed by atoms with van der Waals surface area (Å²) in [5.41, 5.74) is 1.66. The Hall–Kier alpha value is -1.50. The van der Waals surface area contributed by atoms with Crippen molar-refractivity contribution in [3.05, 3.63) is 17.7 Å². The molecule has 1 atom stereocenters. The van der Waals surface area contributed by atoms with Gasteiger partial charge in [0.25, 0.3) is 0 Å². The lowest BCUT2D eigenvalue weighted by atomic mass is 10.1. The van der Waals surface area contributed by atoms with Gasteiger partial charge >= 0.3 is 0 Å². The molecule has 6 heteroatoms. The summed E-state index contributed by atoms with van der Waals surface area (Å²) in [5.74, 6) is 1.31. The molecule has 2 aliphatic rings. The van der Waals surface area contributed by atoms with Gasteiger partial charge in [-0.1, -0.05) is 6.07 Å². The highest BCUT2D eigenvalue weighted by Crippen LogP contribution is 2.43. The van der Waals surface area contributed by atoms with Gasteiger partial charge in [-0.25, -0.2) is 0 Å². The Morgan fingerprint density at radius 3 is 2.75 bits per heavy atom. The molecule has 3 rings (SSSR count). The van der Waals surface area contributed by atoms with Gasteiger partial charge in [-0.15, -0.1) is 0 Å². The second kappa shape index (κ2) is 5.87. The van der Waals surface area contributed by atoms with Gasteiger partial charge in [-0.05, 0) is 6.07 Å². The van der Waals surface area contributed by atoms with Gasteiger partial charge in [0.1, 0.15) is 13.2 Å². The number of hydrogen-bond acceptors (Lipinski definition) is 6. The van der Waals surface area contributed by atoms with Gasteiger partial charge < -0.3 is 29.9 Å². The van der Waals surface area contributed by atoms with Crippen molar-refractivity contribution in [2.45, 2.75) is 12.6 Å². The van der Waals surface area contributed by atoms with Crippen LogP contribution in [0.4, 0.5) is 5.69 Å². The lowest BCUT2D eigenvalue weighted by Crippen LogP contribution is -2.53. The maximum absolute atomic E-state index is 9.53. The Morgan fingerprint density at radius 1 is 1.20 bits per heavy atom. The number of aliphatic hydroxyl groups excluding tert-OH is 2. The molecule has 0 bridgehead atoms. The van der Waals surface area contributed by atoms with Crippen LogP contribution in [0, 0.1) is 0 Å². The van der Waals surface area contributed by atoms with Gasteiger partial charge in [0.05, 0.1) is 24.9 Å². The molecule has 3 N–H and O–H groups in total. The van der Waals surface area contributed by atoms with E-state index in [1.165, 1.54) is 0 Å².